The molecule has 0 bridgehead atoms. The molecule has 2 rings (SSSR count). The SMILES string of the molecule is COc1ccc(OCCn2cnc(CCN)c2)cc1. The first-order valence-corrected chi connectivity index (χ1v) is 6.29. The van der Waals surface area contributed by atoms with E-state index in [9.17, 15) is 0 Å². The number of hydrogen-bond donors (Lipinski definition) is 1. The van der Waals surface area contributed by atoms with Gasteiger partial charge in [-0.1, -0.05) is 0 Å². The second-order valence-electron chi connectivity index (χ2n) is 4.17. The van der Waals surface area contributed by atoms with E-state index in [4.69, 9.17) is 15.2 Å². The molecule has 19 heavy (non-hydrogen) atoms. The second kappa shape index (κ2) is 6.80. The molecule has 1 aromatic heterocycles. The molecule has 5 nitrogen and oxygen atoms in total. The predicted molar refractivity (Wildman–Crippen MR) is 73.5 cm³/mol. The Hall–Kier alpha value is -2.01. The van der Waals surface area contributed by atoms with Crippen molar-refractivity contribution in [1.29, 1.82) is 0 Å². The highest BCUT2D eigenvalue weighted by molar-refractivity contribution is 5.31. The molecule has 1 aromatic carbocycles. The van der Waals surface area contributed by atoms with Crippen molar-refractivity contribution in [3.05, 3.63) is 42.5 Å². The first-order chi connectivity index (χ1) is 9.31. The van der Waals surface area contributed by atoms with Crippen molar-refractivity contribution >= 4 is 0 Å². The van der Waals surface area contributed by atoms with Crippen LogP contribution in [0.2, 0.25) is 0 Å². The Labute approximate surface area is 113 Å². The number of benzene rings is 1. The topological polar surface area (TPSA) is 62.3 Å². The lowest BCUT2D eigenvalue weighted by Crippen LogP contribution is -2.06. The summed E-state index contributed by atoms with van der Waals surface area (Å²) >= 11 is 0. The molecule has 0 saturated heterocycles. The smallest absolute Gasteiger partial charge is 0.119 e. The van der Waals surface area contributed by atoms with Gasteiger partial charge in [-0.05, 0) is 30.8 Å². The monoisotopic (exact) mass is 261 g/mol. The number of methoxy groups -OCH3 is 1. The average Bonchev–Trinajstić information content (AvgIpc) is 2.88. The Morgan fingerprint density at radius 3 is 2.63 bits per heavy atom. The van der Waals surface area contributed by atoms with E-state index in [0.717, 1.165) is 30.2 Å². The van der Waals surface area contributed by atoms with E-state index in [2.05, 4.69) is 4.98 Å². The van der Waals surface area contributed by atoms with E-state index in [1.54, 1.807) is 7.11 Å². The average molecular weight is 261 g/mol. The van der Waals surface area contributed by atoms with Gasteiger partial charge >= 0.3 is 0 Å². The lowest BCUT2D eigenvalue weighted by atomic mass is 10.3. The molecule has 102 valence electrons. The number of nitrogens with two attached hydrogens (primary N) is 1. The number of ether oxygens (including phenoxy) is 2. The summed E-state index contributed by atoms with van der Waals surface area (Å²) in [5.74, 6) is 1.66. The standard InChI is InChI=1S/C14H19N3O2/c1-18-13-2-4-14(5-3-13)19-9-8-17-10-12(6-7-15)16-11-17/h2-5,10-11H,6-9,15H2,1H3. The molecule has 0 fully saturated rings. The van der Waals surface area contributed by atoms with Gasteiger partial charge in [0.05, 0.1) is 25.7 Å². The molecule has 0 unspecified atom stereocenters. The molecule has 2 N–H and O–H groups in total. The van der Waals surface area contributed by atoms with E-state index >= 15 is 0 Å². The van der Waals surface area contributed by atoms with Gasteiger partial charge in [0.15, 0.2) is 0 Å². The van der Waals surface area contributed by atoms with Gasteiger partial charge < -0.3 is 19.8 Å². The van der Waals surface area contributed by atoms with Crippen LogP contribution < -0.4 is 15.2 Å². The summed E-state index contributed by atoms with van der Waals surface area (Å²) in [6, 6.07) is 7.55. The van der Waals surface area contributed by atoms with E-state index in [1.165, 1.54) is 0 Å². The summed E-state index contributed by atoms with van der Waals surface area (Å²) in [7, 11) is 1.65. The van der Waals surface area contributed by atoms with E-state index in [0.29, 0.717) is 13.2 Å². The van der Waals surface area contributed by atoms with Gasteiger partial charge in [0, 0.05) is 12.6 Å². The van der Waals surface area contributed by atoms with Crippen molar-refractivity contribution < 1.29 is 9.47 Å². The van der Waals surface area contributed by atoms with Crippen LogP contribution in [0.4, 0.5) is 0 Å². The lowest BCUT2D eigenvalue weighted by Gasteiger charge is -2.07. The van der Waals surface area contributed by atoms with Crippen molar-refractivity contribution in [2.24, 2.45) is 5.73 Å². The van der Waals surface area contributed by atoms with Crippen molar-refractivity contribution in [3.8, 4) is 11.5 Å². The van der Waals surface area contributed by atoms with Crippen molar-refractivity contribution in [2.75, 3.05) is 20.3 Å². The van der Waals surface area contributed by atoms with Crippen LogP contribution in [0.5, 0.6) is 11.5 Å². The molecule has 0 aliphatic rings. The molecule has 5 heteroatoms. The molecule has 1 heterocycles. The Morgan fingerprint density at radius 2 is 1.95 bits per heavy atom. The zero-order valence-electron chi connectivity index (χ0n) is 11.1. The first kappa shape index (κ1) is 13.4. The van der Waals surface area contributed by atoms with Gasteiger partial charge in [-0.25, -0.2) is 4.98 Å². The Morgan fingerprint density at radius 1 is 1.21 bits per heavy atom. The van der Waals surface area contributed by atoms with Crippen LogP contribution in [0.25, 0.3) is 0 Å². The molecule has 0 amide bonds. The van der Waals surface area contributed by atoms with Gasteiger partial charge in [0.25, 0.3) is 0 Å². The van der Waals surface area contributed by atoms with Crippen LogP contribution in [0, 0.1) is 0 Å². The van der Waals surface area contributed by atoms with Gasteiger partial charge in [0.1, 0.15) is 18.1 Å². The van der Waals surface area contributed by atoms with Crippen LogP contribution in [-0.4, -0.2) is 29.8 Å². The molecule has 0 aliphatic heterocycles. The van der Waals surface area contributed by atoms with Gasteiger partial charge in [-0.2, -0.15) is 0 Å². The molecular formula is C14H19N3O2. The molecule has 0 radical (unpaired) electrons. The normalized spacial score (nSPS) is 10.4. The molecule has 2 aromatic rings. The summed E-state index contributed by atoms with van der Waals surface area (Å²) < 4.78 is 12.7. The highest BCUT2D eigenvalue weighted by Crippen LogP contribution is 2.16. The largest absolute Gasteiger partial charge is 0.497 e. The number of rotatable bonds is 7. The van der Waals surface area contributed by atoms with Crippen molar-refractivity contribution in [1.82, 2.24) is 9.55 Å². The summed E-state index contributed by atoms with van der Waals surface area (Å²) in [6.07, 6.45) is 4.62. The van der Waals surface area contributed by atoms with Gasteiger partial charge in [-0.15, -0.1) is 0 Å². The summed E-state index contributed by atoms with van der Waals surface area (Å²) in [4.78, 5) is 4.27. The molecular weight excluding hydrogens is 242 g/mol. The van der Waals surface area contributed by atoms with E-state index in [-0.39, 0.29) is 0 Å². The third kappa shape index (κ3) is 3.99. The van der Waals surface area contributed by atoms with E-state index < -0.39 is 0 Å². The van der Waals surface area contributed by atoms with Crippen LogP contribution in [0.1, 0.15) is 5.69 Å². The van der Waals surface area contributed by atoms with Crippen LogP contribution in [0.3, 0.4) is 0 Å². The second-order valence-corrected chi connectivity index (χ2v) is 4.17. The maximum atomic E-state index is 5.65. The van der Waals surface area contributed by atoms with Gasteiger partial charge in [-0.3, -0.25) is 0 Å². The summed E-state index contributed by atoms with van der Waals surface area (Å²) in [6.45, 7) is 1.99. The number of imidazole rings is 1. The fraction of sp³-hybridized carbons (Fsp3) is 0.357. The fourth-order valence-electron chi connectivity index (χ4n) is 1.75. The minimum atomic E-state index is 0.602. The zero-order valence-corrected chi connectivity index (χ0v) is 11.1. The fourth-order valence-corrected chi connectivity index (χ4v) is 1.75. The zero-order chi connectivity index (χ0) is 13.5. The number of hydrogen-bond acceptors (Lipinski definition) is 4. The van der Waals surface area contributed by atoms with E-state index in [1.807, 2.05) is 41.4 Å². The Kier molecular flexibility index (Phi) is 4.80. The van der Waals surface area contributed by atoms with Crippen LogP contribution in [0.15, 0.2) is 36.8 Å². The Bertz CT molecular complexity index is 494. The van der Waals surface area contributed by atoms with Crippen molar-refractivity contribution in [3.63, 3.8) is 0 Å². The highest BCUT2D eigenvalue weighted by atomic mass is 16.5. The maximum absolute atomic E-state index is 5.65. The molecule has 0 aliphatic carbocycles. The predicted octanol–water partition coefficient (Wildman–Crippen LogP) is 1.47. The third-order valence-electron chi connectivity index (χ3n) is 2.76. The highest BCUT2D eigenvalue weighted by Gasteiger charge is 1.99. The third-order valence-corrected chi connectivity index (χ3v) is 2.76. The maximum Gasteiger partial charge on any atom is 0.119 e. The Balaban J connectivity index is 1.78. The van der Waals surface area contributed by atoms with Gasteiger partial charge in [0.2, 0.25) is 0 Å². The summed E-state index contributed by atoms with van der Waals surface area (Å²) in [5, 5.41) is 0. The quantitative estimate of drug-likeness (QED) is 0.820. The van der Waals surface area contributed by atoms with Crippen LogP contribution in [-0.2, 0) is 13.0 Å². The van der Waals surface area contributed by atoms with Crippen molar-refractivity contribution in [2.45, 2.75) is 13.0 Å². The first-order valence-electron chi connectivity index (χ1n) is 6.29. The van der Waals surface area contributed by atoms with Crippen LogP contribution >= 0.6 is 0 Å². The number of aromatic nitrogens is 2. The molecule has 0 spiro atoms. The minimum Gasteiger partial charge on any atom is -0.497 e. The summed E-state index contributed by atoms with van der Waals surface area (Å²) in [5.41, 5.74) is 6.51. The number of nitrogens with zero attached hydrogens (tertiary/aromatic N) is 2. The minimum absolute atomic E-state index is 0.602. The lowest BCUT2D eigenvalue weighted by molar-refractivity contribution is 0.297. The molecule has 0 saturated carbocycles. The molecule has 0 atom stereocenters.